The predicted octanol–water partition coefficient (Wildman–Crippen LogP) is 2.07. The molecule has 1 aromatic rings. The third-order valence-corrected chi connectivity index (χ3v) is 2.06. The fraction of sp³-hybridized carbons (Fsp3) is 0.273. The van der Waals surface area contributed by atoms with Gasteiger partial charge < -0.3 is 0 Å². The monoisotopic (exact) mass is 221 g/mol. The summed E-state index contributed by atoms with van der Waals surface area (Å²) in [5.74, 6) is -0.820. The first-order valence-corrected chi connectivity index (χ1v) is 4.69. The van der Waals surface area contributed by atoms with Crippen molar-refractivity contribution in [2.45, 2.75) is 20.3 Å². The van der Waals surface area contributed by atoms with Crippen LogP contribution in [-0.2, 0) is 4.79 Å². The molecule has 0 aliphatic heterocycles. The first-order chi connectivity index (χ1) is 7.41. The quantitative estimate of drug-likeness (QED) is 0.337. The van der Waals surface area contributed by atoms with Gasteiger partial charge >= 0.3 is 0 Å². The summed E-state index contributed by atoms with van der Waals surface area (Å²) in [5, 5.41) is 10.7. The van der Waals surface area contributed by atoms with E-state index in [1.807, 2.05) is 0 Å². The lowest BCUT2D eigenvalue weighted by Gasteiger charge is -2.01. The van der Waals surface area contributed by atoms with Crippen LogP contribution in [0.1, 0.15) is 29.3 Å². The van der Waals surface area contributed by atoms with Crippen molar-refractivity contribution in [2.24, 2.45) is 0 Å². The first kappa shape index (κ1) is 12.0. The van der Waals surface area contributed by atoms with Crippen molar-refractivity contribution in [1.29, 1.82) is 0 Å². The molecule has 0 saturated carbocycles. The van der Waals surface area contributed by atoms with Crippen LogP contribution in [0.5, 0.6) is 0 Å². The molecule has 0 saturated heterocycles. The van der Waals surface area contributed by atoms with E-state index >= 15 is 0 Å². The number of rotatable bonds is 4. The number of nitro groups is 1. The van der Waals surface area contributed by atoms with Gasteiger partial charge in [0.25, 0.3) is 5.69 Å². The van der Waals surface area contributed by atoms with Gasteiger partial charge in [-0.15, -0.1) is 0 Å². The largest absolute Gasteiger partial charge is 0.300 e. The molecule has 5 heteroatoms. The highest BCUT2D eigenvalue weighted by Gasteiger charge is 2.20. The fourth-order valence-corrected chi connectivity index (χ4v) is 1.35. The standard InChI is InChI=1S/C11H11NO4/c1-7-3-4-9(10(5-7)12(15)16)11(14)6-8(2)13/h3-5H,6H2,1-2H3. The topological polar surface area (TPSA) is 77.3 Å². The van der Waals surface area contributed by atoms with Crippen LogP contribution in [0.4, 0.5) is 5.69 Å². The van der Waals surface area contributed by atoms with Crippen LogP contribution < -0.4 is 0 Å². The van der Waals surface area contributed by atoms with E-state index < -0.39 is 10.7 Å². The molecule has 0 unspecified atom stereocenters. The van der Waals surface area contributed by atoms with Gasteiger partial charge in [-0.3, -0.25) is 19.7 Å². The van der Waals surface area contributed by atoms with Crippen molar-refractivity contribution in [3.8, 4) is 0 Å². The Hall–Kier alpha value is -2.04. The second-order valence-corrected chi connectivity index (χ2v) is 3.58. The third-order valence-electron chi connectivity index (χ3n) is 2.06. The summed E-state index contributed by atoms with van der Waals surface area (Å²) in [7, 11) is 0. The summed E-state index contributed by atoms with van der Waals surface area (Å²) in [6, 6.07) is 4.33. The van der Waals surface area contributed by atoms with Crippen LogP contribution in [0.3, 0.4) is 0 Å². The van der Waals surface area contributed by atoms with Crippen molar-refractivity contribution < 1.29 is 14.5 Å². The van der Waals surface area contributed by atoms with E-state index in [1.165, 1.54) is 19.1 Å². The Morgan fingerprint density at radius 3 is 2.50 bits per heavy atom. The number of carbonyl (C=O) groups is 2. The van der Waals surface area contributed by atoms with Crippen LogP contribution in [0.2, 0.25) is 0 Å². The number of carbonyl (C=O) groups excluding carboxylic acids is 2. The minimum Gasteiger partial charge on any atom is -0.300 e. The lowest BCUT2D eigenvalue weighted by atomic mass is 10.0. The van der Waals surface area contributed by atoms with Crippen LogP contribution in [0.25, 0.3) is 0 Å². The van der Waals surface area contributed by atoms with E-state index in [0.29, 0.717) is 5.56 Å². The molecule has 0 fully saturated rings. The van der Waals surface area contributed by atoms with Gasteiger partial charge in [0.15, 0.2) is 5.78 Å². The Balaban J connectivity index is 3.17. The van der Waals surface area contributed by atoms with Crippen LogP contribution in [0, 0.1) is 17.0 Å². The Morgan fingerprint density at radius 2 is 2.00 bits per heavy atom. The number of hydrogen-bond acceptors (Lipinski definition) is 4. The molecule has 16 heavy (non-hydrogen) atoms. The average Bonchev–Trinajstić information content (AvgIpc) is 2.16. The van der Waals surface area contributed by atoms with Crippen molar-refractivity contribution in [3.05, 3.63) is 39.4 Å². The molecule has 1 aromatic carbocycles. The maximum absolute atomic E-state index is 11.6. The summed E-state index contributed by atoms with van der Waals surface area (Å²) in [4.78, 5) is 32.5. The molecule has 0 amide bonds. The Kier molecular flexibility index (Phi) is 3.50. The molecule has 0 radical (unpaired) electrons. The molecule has 0 aliphatic rings. The van der Waals surface area contributed by atoms with Crippen LogP contribution in [0.15, 0.2) is 18.2 Å². The van der Waals surface area contributed by atoms with Gasteiger partial charge in [0, 0.05) is 6.07 Å². The molecule has 5 nitrogen and oxygen atoms in total. The summed E-state index contributed by atoms with van der Waals surface area (Å²) < 4.78 is 0. The number of aryl methyl sites for hydroxylation is 1. The molecule has 0 bridgehead atoms. The summed E-state index contributed by atoms with van der Waals surface area (Å²) in [5.41, 5.74) is 0.447. The molecular formula is C11H11NO4. The first-order valence-electron chi connectivity index (χ1n) is 4.69. The zero-order chi connectivity index (χ0) is 12.3. The molecule has 0 aromatic heterocycles. The van der Waals surface area contributed by atoms with Gasteiger partial charge in [0.2, 0.25) is 0 Å². The Morgan fingerprint density at radius 1 is 1.38 bits per heavy atom. The number of Topliss-reactive ketones (excluding diaryl/α,β-unsaturated/α-hetero) is 2. The maximum atomic E-state index is 11.6. The summed E-state index contributed by atoms with van der Waals surface area (Å²) in [6.07, 6.45) is -0.302. The zero-order valence-corrected chi connectivity index (χ0v) is 9.02. The smallest absolute Gasteiger partial charge is 0.280 e. The minimum absolute atomic E-state index is 0.00852. The number of hydrogen-bond donors (Lipinski definition) is 0. The van der Waals surface area contributed by atoms with Crippen molar-refractivity contribution in [2.75, 3.05) is 0 Å². The molecule has 0 heterocycles. The number of nitrogens with zero attached hydrogens (tertiary/aromatic N) is 1. The van der Waals surface area contributed by atoms with E-state index in [2.05, 4.69) is 0 Å². The van der Waals surface area contributed by atoms with E-state index in [1.54, 1.807) is 13.0 Å². The van der Waals surface area contributed by atoms with Crippen LogP contribution >= 0.6 is 0 Å². The number of nitro benzene ring substituents is 1. The zero-order valence-electron chi connectivity index (χ0n) is 9.02. The molecule has 1 rings (SSSR count). The number of ketones is 2. The predicted molar refractivity (Wildman–Crippen MR) is 57.5 cm³/mol. The Labute approximate surface area is 92.2 Å². The summed E-state index contributed by atoms with van der Waals surface area (Å²) >= 11 is 0. The summed E-state index contributed by atoms with van der Waals surface area (Å²) in [6.45, 7) is 2.98. The van der Waals surface area contributed by atoms with Gasteiger partial charge in [-0.25, -0.2) is 0 Å². The average molecular weight is 221 g/mol. The number of benzene rings is 1. The molecule has 84 valence electrons. The second kappa shape index (κ2) is 4.65. The lowest BCUT2D eigenvalue weighted by Crippen LogP contribution is -2.08. The minimum atomic E-state index is -0.611. The van der Waals surface area contributed by atoms with Gasteiger partial charge in [-0.1, -0.05) is 6.07 Å². The SMILES string of the molecule is CC(=O)CC(=O)c1ccc(C)cc1[N+](=O)[O-]. The van der Waals surface area contributed by atoms with E-state index in [-0.39, 0.29) is 23.5 Å². The molecule has 0 spiro atoms. The molecule has 0 atom stereocenters. The van der Waals surface area contributed by atoms with Crippen molar-refractivity contribution in [3.63, 3.8) is 0 Å². The van der Waals surface area contributed by atoms with E-state index in [9.17, 15) is 19.7 Å². The van der Waals surface area contributed by atoms with E-state index in [4.69, 9.17) is 0 Å². The van der Waals surface area contributed by atoms with Gasteiger partial charge in [0.05, 0.1) is 16.9 Å². The highest BCUT2D eigenvalue weighted by Crippen LogP contribution is 2.21. The molecule has 0 aliphatic carbocycles. The van der Waals surface area contributed by atoms with Gasteiger partial charge in [-0.2, -0.15) is 0 Å². The molecule has 0 N–H and O–H groups in total. The lowest BCUT2D eigenvalue weighted by molar-refractivity contribution is -0.385. The fourth-order valence-electron chi connectivity index (χ4n) is 1.35. The van der Waals surface area contributed by atoms with Crippen LogP contribution in [-0.4, -0.2) is 16.5 Å². The van der Waals surface area contributed by atoms with Gasteiger partial charge in [-0.05, 0) is 25.5 Å². The highest BCUT2D eigenvalue weighted by atomic mass is 16.6. The normalized spacial score (nSPS) is 9.88. The Bertz CT molecular complexity index is 465. The second-order valence-electron chi connectivity index (χ2n) is 3.58. The molecular weight excluding hydrogens is 210 g/mol. The highest BCUT2D eigenvalue weighted by molar-refractivity contribution is 6.09. The maximum Gasteiger partial charge on any atom is 0.280 e. The van der Waals surface area contributed by atoms with Crippen molar-refractivity contribution >= 4 is 17.3 Å². The van der Waals surface area contributed by atoms with Gasteiger partial charge in [0.1, 0.15) is 5.78 Å². The van der Waals surface area contributed by atoms with E-state index in [0.717, 1.165) is 0 Å². The van der Waals surface area contributed by atoms with Crippen molar-refractivity contribution in [1.82, 2.24) is 0 Å². The third kappa shape index (κ3) is 2.73.